The molecule has 0 aliphatic heterocycles. The maximum atomic E-state index is 11.3. The Morgan fingerprint density at radius 3 is 2.90 bits per heavy atom. The molecule has 0 spiro atoms. The van der Waals surface area contributed by atoms with E-state index in [1.807, 2.05) is 6.07 Å². The maximum Gasteiger partial charge on any atom is 0.341 e. The minimum atomic E-state index is -0.375. The maximum absolute atomic E-state index is 11.3. The van der Waals surface area contributed by atoms with Crippen LogP contribution in [-0.4, -0.2) is 19.6 Å². The van der Waals surface area contributed by atoms with Gasteiger partial charge in [0.1, 0.15) is 12.0 Å². The van der Waals surface area contributed by atoms with E-state index in [4.69, 9.17) is 4.42 Å². The number of carbonyl (C=O) groups excluding carboxylic acids is 1. The van der Waals surface area contributed by atoms with Crippen LogP contribution in [0.25, 0.3) is 0 Å². The lowest BCUT2D eigenvalue weighted by atomic mass is 10.1. The van der Waals surface area contributed by atoms with Crippen molar-refractivity contribution in [3.63, 3.8) is 0 Å². The molecule has 106 valence electrons. The number of rotatable bonds is 6. The summed E-state index contributed by atoms with van der Waals surface area (Å²) in [5, 5.41) is 3.30. The van der Waals surface area contributed by atoms with Gasteiger partial charge in [0.2, 0.25) is 0 Å². The van der Waals surface area contributed by atoms with Gasteiger partial charge >= 0.3 is 5.97 Å². The number of carbonyl (C=O) groups is 1. The first kappa shape index (κ1) is 14.3. The summed E-state index contributed by atoms with van der Waals surface area (Å²) in [6, 6.07) is 10.1. The van der Waals surface area contributed by atoms with E-state index >= 15 is 0 Å². The van der Waals surface area contributed by atoms with Crippen molar-refractivity contribution in [2.75, 3.05) is 13.7 Å². The Labute approximate surface area is 118 Å². The fourth-order valence-electron chi connectivity index (χ4n) is 2.02. The lowest BCUT2D eigenvalue weighted by molar-refractivity contribution is 0.0600. The van der Waals surface area contributed by atoms with Crippen molar-refractivity contribution >= 4 is 5.97 Å². The van der Waals surface area contributed by atoms with Crippen LogP contribution >= 0.6 is 0 Å². The molecule has 0 saturated carbocycles. The SMILES string of the molecule is COC(=O)c1coc(CNCCc2ccccc2C)c1. The van der Waals surface area contributed by atoms with E-state index in [9.17, 15) is 4.79 Å². The third-order valence-corrected chi connectivity index (χ3v) is 3.21. The lowest BCUT2D eigenvalue weighted by Crippen LogP contribution is -2.16. The molecule has 0 aliphatic rings. The Balaban J connectivity index is 1.77. The van der Waals surface area contributed by atoms with Gasteiger partial charge < -0.3 is 14.5 Å². The zero-order valence-electron chi connectivity index (χ0n) is 11.8. The number of furan rings is 1. The lowest BCUT2D eigenvalue weighted by Gasteiger charge is -2.06. The molecule has 20 heavy (non-hydrogen) atoms. The minimum Gasteiger partial charge on any atom is -0.467 e. The van der Waals surface area contributed by atoms with Gasteiger partial charge in [-0.1, -0.05) is 24.3 Å². The van der Waals surface area contributed by atoms with Crippen LogP contribution in [0.15, 0.2) is 41.0 Å². The first-order valence-corrected chi connectivity index (χ1v) is 6.61. The van der Waals surface area contributed by atoms with Crippen molar-refractivity contribution in [2.45, 2.75) is 19.9 Å². The second-order valence-electron chi connectivity index (χ2n) is 4.65. The number of nitrogens with one attached hydrogen (secondary N) is 1. The number of benzene rings is 1. The molecular formula is C16H19NO3. The summed E-state index contributed by atoms with van der Waals surface area (Å²) in [6.07, 6.45) is 2.39. The van der Waals surface area contributed by atoms with Crippen LogP contribution in [0, 0.1) is 6.92 Å². The Morgan fingerprint density at radius 1 is 1.35 bits per heavy atom. The standard InChI is InChI=1S/C16H19NO3/c1-12-5-3-4-6-13(12)7-8-17-10-15-9-14(11-20-15)16(18)19-2/h3-6,9,11,17H,7-8,10H2,1-2H3. The highest BCUT2D eigenvalue weighted by Gasteiger charge is 2.09. The highest BCUT2D eigenvalue weighted by atomic mass is 16.5. The largest absolute Gasteiger partial charge is 0.467 e. The third kappa shape index (κ3) is 3.71. The third-order valence-electron chi connectivity index (χ3n) is 3.21. The van der Waals surface area contributed by atoms with Gasteiger partial charge in [-0.2, -0.15) is 0 Å². The van der Waals surface area contributed by atoms with Gasteiger partial charge in [0.05, 0.1) is 19.2 Å². The average molecular weight is 273 g/mol. The predicted molar refractivity (Wildman–Crippen MR) is 76.6 cm³/mol. The Kier molecular flexibility index (Phi) is 4.96. The summed E-state index contributed by atoms with van der Waals surface area (Å²) in [5.41, 5.74) is 3.10. The normalized spacial score (nSPS) is 10.5. The molecule has 4 nitrogen and oxygen atoms in total. The molecule has 0 fully saturated rings. The highest BCUT2D eigenvalue weighted by Crippen LogP contribution is 2.09. The molecule has 0 atom stereocenters. The van der Waals surface area contributed by atoms with Gasteiger partial charge in [-0.05, 0) is 37.1 Å². The zero-order chi connectivity index (χ0) is 14.4. The Hall–Kier alpha value is -2.07. The number of esters is 1. The summed E-state index contributed by atoms with van der Waals surface area (Å²) in [7, 11) is 1.36. The molecule has 2 rings (SSSR count). The van der Waals surface area contributed by atoms with Crippen LogP contribution in [0.1, 0.15) is 27.2 Å². The fraction of sp³-hybridized carbons (Fsp3) is 0.312. The van der Waals surface area contributed by atoms with Gasteiger partial charge in [0.15, 0.2) is 0 Å². The van der Waals surface area contributed by atoms with Crippen molar-refractivity contribution < 1.29 is 13.9 Å². The van der Waals surface area contributed by atoms with Crippen LogP contribution in [0.5, 0.6) is 0 Å². The molecule has 1 heterocycles. The molecule has 0 radical (unpaired) electrons. The molecule has 0 bridgehead atoms. The van der Waals surface area contributed by atoms with Crippen molar-refractivity contribution in [1.29, 1.82) is 0 Å². The molecule has 2 aromatic rings. The van der Waals surface area contributed by atoms with Gasteiger partial charge in [0.25, 0.3) is 0 Å². The molecule has 0 saturated heterocycles. The van der Waals surface area contributed by atoms with Crippen LogP contribution in [0.2, 0.25) is 0 Å². The molecule has 4 heteroatoms. The first-order chi connectivity index (χ1) is 9.70. The van der Waals surface area contributed by atoms with Crippen molar-refractivity contribution in [1.82, 2.24) is 5.32 Å². The monoisotopic (exact) mass is 273 g/mol. The quantitative estimate of drug-likeness (QED) is 0.649. The second-order valence-corrected chi connectivity index (χ2v) is 4.65. The number of hydrogen-bond donors (Lipinski definition) is 1. The smallest absolute Gasteiger partial charge is 0.341 e. The van der Waals surface area contributed by atoms with Crippen LogP contribution in [-0.2, 0) is 17.7 Å². The predicted octanol–water partition coefficient (Wildman–Crippen LogP) is 2.71. The average Bonchev–Trinajstić information content (AvgIpc) is 2.93. The second kappa shape index (κ2) is 6.91. The minimum absolute atomic E-state index is 0.375. The zero-order valence-corrected chi connectivity index (χ0v) is 11.8. The van der Waals surface area contributed by atoms with Crippen molar-refractivity contribution in [3.8, 4) is 0 Å². The molecule has 0 amide bonds. The summed E-state index contributed by atoms with van der Waals surface area (Å²) < 4.78 is 9.93. The van der Waals surface area contributed by atoms with E-state index < -0.39 is 0 Å². The van der Waals surface area contributed by atoms with Crippen molar-refractivity contribution in [2.24, 2.45) is 0 Å². The number of hydrogen-bond acceptors (Lipinski definition) is 4. The van der Waals surface area contributed by atoms with Gasteiger partial charge in [-0.3, -0.25) is 0 Å². The molecule has 1 aromatic carbocycles. The first-order valence-electron chi connectivity index (χ1n) is 6.61. The van der Waals surface area contributed by atoms with E-state index in [-0.39, 0.29) is 5.97 Å². The van der Waals surface area contributed by atoms with E-state index in [1.54, 1.807) is 6.07 Å². The molecular weight excluding hydrogens is 254 g/mol. The van der Waals surface area contributed by atoms with E-state index in [1.165, 1.54) is 24.5 Å². The van der Waals surface area contributed by atoms with E-state index in [0.29, 0.717) is 12.1 Å². The number of aryl methyl sites for hydroxylation is 1. The number of ether oxygens (including phenoxy) is 1. The summed E-state index contributed by atoms with van der Waals surface area (Å²) in [5.74, 6) is 0.357. The molecule has 0 aliphatic carbocycles. The van der Waals surface area contributed by atoms with Gasteiger partial charge in [0, 0.05) is 0 Å². The Bertz CT molecular complexity index is 575. The summed E-state index contributed by atoms with van der Waals surface area (Å²) in [6.45, 7) is 3.58. The van der Waals surface area contributed by atoms with Crippen LogP contribution in [0.3, 0.4) is 0 Å². The highest BCUT2D eigenvalue weighted by molar-refractivity contribution is 5.88. The van der Waals surface area contributed by atoms with Crippen LogP contribution in [0.4, 0.5) is 0 Å². The van der Waals surface area contributed by atoms with Crippen molar-refractivity contribution in [3.05, 3.63) is 59.0 Å². The molecule has 1 N–H and O–H groups in total. The van der Waals surface area contributed by atoms with Gasteiger partial charge in [-0.15, -0.1) is 0 Å². The van der Waals surface area contributed by atoms with E-state index in [0.717, 1.165) is 18.7 Å². The van der Waals surface area contributed by atoms with E-state index in [2.05, 4.69) is 35.2 Å². The Morgan fingerprint density at radius 2 is 2.15 bits per heavy atom. The molecule has 0 unspecified atom stereocenters. The van der Waals surface area contributed by atoms with Crippen LogP contribution < -0.4 is 5.32 Å². The number of methoxy groups -OCH3 is 1. The van der Waals surface area contributed by atoms with Gasteiger partial charge in [-0.25, -0.2) is 4.79 Å². The fourth-order valence-corrected chi connectivity index (χ4v) is 2.02. The molecule has 1 aromatic heterocycles. The topological polar surface area (TPSA) is 51.5 Å². The summed E-state index contributed by atoms with van der Waals surface area (Å²) in [4.78, 5) is 11.3. The summed E-state index contributed by atoms with van der Waals surface area (Å²) >= 11 is 0.